The van der Waals surface area contributed by atoms with E-state index in [9.17, 15) is 9.18 Å². The molecule has 0 N–H and O–H groups in total. The van der Waals surface area contributed by atoms with E-state index in [1.165, 1.54) is 12.1 Å². The number of amides is 1. The van der Waals surface area contributed by atoms with Crippen molar-refractivity contribution in [1.82, 2.24) is 9.88 Å². The number of hydrogen-bond donors (Lipinski definition) is 0. The van der Waals surface area contributed by atoms with E-state index in [0.717, 1.165) is 36.9 Å². The van der Waals surface area contributed by atoms with Crippen molar-refractivity contribution in [3.05, 3.63) is 47.2 Å². The smallest absolute Gasteiger partial charge is 0.223 e. The molecule has 0 saturated carbocycles. The summed E-state index contributed by atoms with van der Waals surface area (Å²) in [5.41, 5.74) is 1.00. The zero-order valence-electron chi connectivity index (χ0n) is 13.1. The summed E-state index contributed by atoms with van der Waals surface area (Å²) >= 11 is 1.63. The molecule has 1 amide bonds. The van der Waals surface area contributed by atoms with Crippen LogP contribution in [0.15, 0.2) is 35.8 Å². The summed E-state index contributed by atoms with van der Waals surface area (Å²) < 4.78 is 13.0. The fraction of sp³-hybridized carbons (Fsp3) is 0.412. The van der Waals surface area contributed by atoms with E-state index in [1.807, 2.05) is 23.4 Å². The van der Waals surface area contributed by atoms with Crippen LogP contribution in [0.2, 0.25) is 0 Å². The Morgan fingerprint density at radius 2 is 1.96 bits per heavy atom. The van der Waals surface area contributed by atoms with E-state index in [2.05, 4.69) is 9.88 Å². The summed E-state index contributed by atoms with van der Waals surface area (Å²) in [6.07, 6.45) is 2.27. The predicted molar refractivity (Wildman–Crippen MR) is 90.3 cm³/mol. The second-order valence-electron chi connectivity index (χ2n) is 5.84. The minimum absolute atomic E-state index is 0.0973. The maximum atomic E-state index is 13.0. The SMILES string of the molecule is CC(CC(=O)N1CCN(c2nccs2)CC1)c1ccc(F)cc1. The lowest BCUT2D eigenvalue weighted by molar-refractivity contribution is -0.131. The van der Waals surface area contributed by atoms with Gasteiger partial charge < -0.3 is 9.80 Å². The summed E-state index contributed by atoms with van der Waals surface area (Å²) in [7, 11) is 0. The Morgan fingerprint density at radius 1 is 1.26 bits per heavy atom. The molecule has 122 valence electrons. The molecule has 1 fully saturated rings. The zero-order chi connectivity index (χ0) is 16.2. The van der Waals surface area contributed by atoms with Crippen molar-refractivity contribution in [1.29, 1.82) is 0 Å². The number of carbonyl (C=O) groups excluding carboxylic acids is 1. The Hall–Kier alpha value is -1.95. The number of thiazole rings is 1. The quantitative estimate of drug-likeness (QED) is 0.862. The molecule has 1 saturated heterocycles. The van der Waals surface area contributed by atoms with E-state index >= 15 is 0 Å². The lowest BCUT2D eigenvalue weighted by Gasteiger charge is -2.35. The molecule has 2 aromatic rings. The van der Waals surface area contributed by atoms with Gasteiger partial charge in [0.15, 0.2) is 5.13 Å². The zero-order valence-corrected chi connectivity index (χ0v) is 13.9. The third-order valence-electron chi connectivity index (χ3n) is 4.24. The van der Waals surface area contributed by atoms with Crippen LogP contribution in [0.3, 0.4) is 0 Å². The molecule has 0 bridgehead atoms. The van der Waals surface area contributed by atoms with Crippen molar-refractivity contribution < 1.29 is 9.18 Å². The van der Waals surface area contributed by atoms with Gasteiger partial charge in [0.1, 0.15) is 5.82 Å². The van der Waals surface area contributed by atoms with Gasteiger partial charge in [-0.15, -0.1) is 11.3 Å². The van der Waals surface area contributed by atoms with Crippen LogP contribution in [0.5, 0.6) is 0 Å². The van der Waals surface area contributed by atoms with Gasteiger partial charge in [0.05, 0.1) is 0 Å². The predicted octanol–water partition coefficient (Wildman–Crippen LogP) is 3.12. The fourth-order valence-electron chi connectivity index (χ4n) is 2.82. The van der Waals surface area contributed by atoms with Crippen molar-refractivity contribution in [3.63, 3.8) is 0 Å². The number of anilines is 1. The summed E-state index contributed by atoms with van der Waals surface area (Å²) in [5, 5.41) is 2.99. The number of hydrogen-bond acceptors (Lipinski definition) is 4. The molecule has 1 aromatic carbocycles. The molecule has 2 heterocycles. The summed E-state index contributed by atoms with van der Waals surface area (Å²) in [6.45, 7) is 5.12. The Morgan fingerprint density at radius 3 is 2.57 bits per heavy atom. The average Bonchev–Trinajstić information content (AvgIpc) is 3.10. The largest absolute Gasteiger partial charge is 0.345 e. The molecule has 23 heavy (non-hydrogen) atoms. The highest BCUT2D eigenvalue weighted by Crippen LogP contribution is 2.22. The minimum atomic E-state index is -0.245. The third-order valence-corrected chi connectivity index (χ3v) is 5.07. The summed E-state index contributed by atoms with van der Waals surface area (Å²) in [4.78, 5) is 20.9. The number of halogens is 1. The number of piperazine rings is 1. The average molecular weight is 333 g/mol. The molecule has 0 radical (unpaired) electrons. The van der Waals surface area contributed by atoms with Crippen LogP contribution < -0.4 is 4.90 Å². The Balaban J connectivity index is 1.52. The molecule has 3 rings (SSSR count). The van der Waals surface area contributed by atoms with Gasteiger partial charge in [0.2, 0.25) is 5.91 Å². The number of nitrogens with zero attached hydrogens (tertiary/aromatic N) is 3. The van der Waals surface area contributed by atoms with E-state index in [1.54, 1.807) is 23.5 Å². The highest BCUT2D eigenvalue weighted by molar-refractivity contribution is 7.13. The normalized spacial score (nSPS) is 16.4. The highest BCUT2D eigenvalue weighted by atomic mass is 32.1. The first-order valence-corrected chi connectivity index (χ1v) is 8.69. The van der Waals surface area contributed by atoms with E-state index < -0.39 is 0 Å². The molecule has 6 heteroatoms. The maximum Gasteiger partial charge on any atom is 0.223 e. The van der Waals surface area contributed by atoms with Gasteiger partial charge in [-0.2, -0.15) is 0 Å². The van der Waals surface area contributed by atoms with Gasteiger partial charge in [0.25, 0.3) is 0 Å². The first kappa shape index (κ1) is 15.9. The molecule has 1 aliphatic rings. The van der Waals surface area contributed by atoms with E-state index in [0.29, 0.717) is 6.42 Å². The Labute approximate surface area is 139 Å². The topological polar surface area (TPSA) is 36.4 Å². The number of carbonyl (C=O) groups is 1. The van der Waals surface area contributed by atoms with Crippen LogP contribution in [0.25, 0.3) is 0 Å². The van der Waals surface area contributed by atoms with Crippen molar-refractivity contribution in [3.8, 4) is 0 Å². The van der Waals surface area contributed by atoms with E-state index in [-0.39, 0.29) is 17.6 Å². The number of benzene rings is 1. The van der Waals surface area contributed by atoms with Crippen molar-refractivity contribution in [2.75, 3.05) is 31.1 Å². The van der Waals surface area contributed by atoms with Gasteiger partial charge in [-0.3, -0.25) is 4.79 Å². The molecule has 4 nitrogen and oxygen atoms in total. The molecular weight excluding hydrogens is 313 g/mol. The first-order chi connectivity index (χ1) is 11.1. The van der Waals surface area contributed by atoms with Gasteiger partial charge in [-0.1, -0.05) is 19.1 Å². The van der Waals surface area contributed by atoms with Crippen molar-refractivity contribution >= 4 is 22.4 Å². The van der Waals surface area contributed by atoms with Crippen LogP contribution in [-0.2, 0) is 4.79 Å². The molecule has 1 aromatic heterocycles. The van der Waals surface area contributed by atoms with Gasteiger partial charge in [0, 0.05) is 44.2 Å². The third kappa shape index (κ3) is 3.88. The van der Waals surface area contributed by atoms with Crippen molar-refractivity contribution in [2.24, 2.45) is 0 Å². The fourth-order valence-corrected chi connectivity index (χ4v) is 3.52. The monoisotopic (exact) mass is 333 g/mol. The lowest BCUT2D eigenvalue weighted by atomic mass is 9.97. The molecule has 0 spiro atoms. The second-order valence-corrected chi connectivity index (χ2v) is 6.71. The Bertz CT molecular complexity index is 636. The molecule has 0 aliphatic carbocycles. The summed E-state index contributed by atoms with van der Waals surface area (Å²) in [5.74, 6) is 0.0197. The van der Waals surface area contributed by atoms with E-state index in [4.69, 9.17) is 0 Å². The number of aromatic nitrogens is 1. The van der Waals surface area contributed by atoms with Gasteiger partial charge >= 0.3 is 0 Å². The summed E-state index contributed by atoms with van der Waals surface area (Å²) in [6, 6.07) is 6.41. The molecular formula is C17H20FN3OS. The van der Waals surface area contributed by atoms with Crippen LogP contribution in [0, 0.1) is 5.82 Å². The number of rotatable bonds is 4. The van der Waals surface area contributed by atoms with Crippen LogP contribution in [-0.4, -0.2) is 42.0 Å². The first-order valence-electron chi connectivity index (χ1n) is 7.81. The lowest BCUT2D eigenvalue weighted by Crippen LogP contribution is -2.49. The highest BCUT2D eigenvalue weighted by Gasteiger charge is 2.23. The minimum Gasteiger partial charge on any atom is -0.345 e. The molecule has 1 atom stereocenters. The van der Waals surface area contributed by atoms with Gasteiger partial charge in [-0.25, -0.2) is 9.37 Å². The van der Waals surface area contributed by atoms with Crippen molar-refractivity contribution in [2.45, 2.75) is 19.3 Å². The van der Waals surface area contributed by atoms with Gasteiger partial charge in [-0.05, 0) is 23.6 Å². The van der Waals surface area contributed by atoms with Crippen LogP contribution in [0.4, 0.5) is 9.52 Å². The standard InChI is InChI=1S/C17H20FN3OS/c1-13(14-2-4-15(18)5-3-14)12-16(22)20-7-9-21(10-8-20)17-19-6-11-23-17/h2-6,11,13H,7-10,12H2,1H3. The van der Waals surface area contributed by atoms with Crippen LogP contribution >= 0.6 is 11.3 Å². The maximum absolute atomic E-state index is 13.0. The van der Waals surface area contributed by atoms with Crippen LogP contribution in [0.1, 0.15) is 24.8 Å². The molecule has 1 unspecified atom stereocenters. The Kier molecular flexibility index (Phi) is 4.91. The second kappa shape index (κ2) is 7.08. The molecule has 1 aliphatic heterocycles.